The van der Waals surface area contributed by atoms with Gasteiger partial charge in [0, 0.05) is 0 Å². The number of carboxylic acids is 1. The van der Waals surface area contributed by atoms with Crippen LogP contribution in [0.5, 0.6) is 0 Å². The Morgan fingerprint density at radius 3 is 2.74 bits per heavy atom. The third-order valence-corrected chi connectivity index (χ3v) is 6.80. The minimum absolute atomic E-state index is 0.00206. The van der Waals surface area contributed by atoms with E-state index >= 15 is 0 Å². The predicted molar refractivity (Wildman–Crippen MR) is 81.8 cm³/mol. The van der Waals surface area contributed by atoms with Crippen LogP contribution in [-0.2, 0) is 21.2 Å². The van der Waals surface area contributed by atoms with Crippen LogP contribution < -0.4 is 4.72 Å². The number of carbonyl (C=O) groups is 1. The average Bonchev–Trinajstić information content (AvgIpc) is 3.13. The van der Waals surface area contributed by atoms with Crippen LogP contribution in [0.1, 0.15) is 35.7 Å². The summed E-state index contributed by atoms with van der Waals surface area (Å²) in [6, 6.07) is 4.10. The van der Waals surface area contributed by atoms with Crippen molar-refractivity contribution in [3.8, 4) is 0 Å². The molecular weight excluding hydrogens is 318 g/mol. The molecule has 2 N–H and O–H groups in total. The van der Waals surface area contributed by atoms with Crippen LogP contribution in [0.2, 0.25) is 0 Å². The fourth-order valence-electron chi connectivity index (χ4n) is 4.07. The Kier molecular flexibility index (Phi) is 3.30. The van der Waals surface area contributed by atoms with Crippen LogP contribution in [0.15, 0.2) is 23.1 Å². The lowest BCUT2D eigenvalue weighted by molar-refractivity contribution is 0.0676. The van der Waals surface area contributed by atoms with Gasteiger partial charge >= 0.3 is 5.97 Å². The van der Waals surface area contributed by atoms with Gasteiger partial charge in [0.1, 0.15) is 0 Å². The number of ether oxygens (including phenoxy) is 1. The molecule has 5 atom stereocenters. The molecule has 1 saturated carbocycles. The molecule has 2 bridgehead atoms. The Balaban J connectivity index is 1.59. The number of aryl methyl sites for hydroxylation is 1. The van der Waals surface area contributed by atoms with Crippen molar-refractivity contribution in [3.05, 3.63) is 29.3 Å². The lowest BCUT2D eigenvalue weighted by Crippen LogP contribution is -2.42. The Morgan fingerprint density at radius 2 is 2.13 bits per heavy atom. The van der Waals surface area contributed by atoms with E-state index in [0.717, 1.165) is 6.42 Å². The number of rotatable bonds is 5. The standard InChI is InChI=1S/C16H19NO5S/c1-2-8-3-4-9(5-10(8)16(18)19)23(20,21)17-13-7-14-11-6-12(11)15(13)22-14/h3-5,11-15,17H,2,6-7H2,1H3,(H,18,19)/t11-,12+,13-,14+,15+/m1/s1. The zero-order valence-corrected chi connectivity index (χ0v) is 13.5. The second kappa shape index (κ2) is 5.03. The molecule has 2 heterocycles. The minimum atomic E-state index is -3.75. The van der Waals surface area contributed by atoms with E-state index in [4.69, 9.17) is 4.74 Å². The summed E-state index contributed by atoms with van der Waals surface area (Å²) in [5.74, 6) is 0.0182. The van der Waals surface area contributed by atoms with Crippen molar-refractivity contribution >= 4 is 16.0 Å². The zero-order valence-electron chi connectivity index (χ0n) is 12.7. The zero-order chi connectivity index (χ0) is 16.4. The van der Waals surface area contributed by atoms with Crippen molar-refractivity contribution in [2.24, 2.45) is 11.8 Å². The highest BCUT2D eigenvalue weighted by molar-refractivity contribution is 7.89. The molecule has 1 aliphatic carbocycles. The Hall–Kier alpha value is -1.44. The second-order valence-electron chi connectivity index (χ2n) is 6.64. The molecule has 2 saturated heterocycles. The maximum Gasteiger partial charge on any atom is 0.336 e. The van der Waals surface area contributed by atoms with Gasteiger partial charge in [0.25, 0.3) is 0 Å². The smallest absolute Gasteiger partial charge is 0.336 e. The highest BCUT2D eigenvalue weighted by Crippen LogP contribution is 2.58. The van der Waals surface area contributed by atoms with E-state index in [1.165, 1.54) is 12.1 Å². The molecule has 0 aromatic heterocycles. The number of nitrogens with one attached hydrogen (secondary N) is 1. The van der Waals surface area contributed by atoms with Crippen LogP contribution in [0.3, 0.4) is 0 Å². The van der Waals surface area contributed by atoms with Crippen molar-refractivity contribution in [3.63, 3.8) is 0 Å². The molecule has 1 aromatic rings. The fraction of sp³-hybridized carbons (Fsp3) is 0.562. The van der Waals surface area contributed by atoms with E-state index in [1.807, 2.05) is 6.92 Å². The molecule has 0 radical (unpaired) electrons. The van der Waals surface area contributed by atoms with E-state index < -0.39 is 16.0 Å². The van der Waals surface area contributed by atoms with Gasteiger partial charge < -0.3 is 9.84 Å². The van der Waals surface area contributed by atoms with Crippen molar-refractivity contribution in [2.45, 2.75) is 49.3 Å². The van der Waals surface area contributed by atoms with Crippen molar-refractivity contribution in [1.29, 1.82) is 0 Å². The number of hydrogen-bond donors (Lipinski definition) is 2. The summed E-state index contributed by atoms with van der Waals surface area (Å²) >= 11 is 0. The first-order valence-electron chi connectivity index (χ1n) is 7.94. The average molecular weight is 337 g/mol. The second-order valence-corrected chi connectivity index (χ2v) is 8.36. The largest absolute Gasteiger partial charge is 0.478 e. The van der Waals surface area contributed by atoms with E-state index in [1.54, 1.807) is 6.07 Å². The van der Waals surface area contributed by atoms with Crippen LogP contribution in [-0.4, -0.2) is 37.7 Å². The quantitative estimate of drug-likeness (QED) is 0.847. The molecule has 124 valence electrons. The lowest BCUT2D eigenvalue weighted by Gasteiger charge is -2.20. The maximum absolute atomic E-state index is 12.6. The van der Waals surface area contributed by atoms with Gasteiger partial charge in [-0.25, -0.2) is 17.9 Å². The van der Waals surface area contributed by atoms with Crippen LogP contribution in [0.4, 0.5) is 0 Å². The van der Waals surface area contributed by atoms with E-state index in [-0.39, 0.29) is 28.7 Å². The van der Waals surface area contributed by atoms with Gasteiger partial charge in [-0.1, -0.05) is 13.0 Å². The van der Waals surface area contributed by atoms with E-state index in [9.17, 15) is 18.3 Å². The Morgan fingerprint density at radius 1 is 1.35 bits per heavy atom. The Labute approximate surface area is 134 Å². The molecule has 0 unspecified atom stereocenters. The molecular formula is C16H19NO5S. The van der Waals surface area contributed by atoms with Crippen molar-refractivity contribution in [2.75, 3.05) is 0 Å². The molecule has 4 rings (SSSR count). The van der Waals surface area contributed by atoms with Gasteiger partial charge in [-0.05, 0) is 48.8 Å². The van der Waals surface area contributed by atoms with Crippen molar-refractivity contribution < 1.29 is 23.1 Å². The summed E-state index contributed by atoms with van der Waals surface area (Å²) in [5, 5.41) is 9.26. The summed E-state index contributed by atoms with van der Waals surface area (Å²) in [4.78, 5) is 11.3. The first-order valence-corrected chi connectivity index (χ1v) is 9.43. The molecule has 6 nitrogen and oxygen atoms in total. The van der Waals surface area contributed by atoms with E-state index in [0.29, 0.717) is 30.2 Å². The third kappa shape index (κ3) is 2.38. The van der Waals surface area contributed by atoms with Gasteiger partial charge in [-0.3, -0.25) is 0 Å². The fourth-order valence-corrected chi connectivity index (χ4v) is 5.35. The lowest BCUT2D eigenvalue weighted by atomic mass is 9.96. The monoisotopic (exact) mass is 337 g/mol. The number of fused-ring (bicyclic) bond motifs is 5. The summed E-state index contributed by atoms with van der Waals surface area (Å²) in [5.41, 5.74) is 0.669. The summed E-state index contributed by atoms with van der Waals surface area (Å²) in [7, 11) is -3.75. The molecule has 23 heavy (non-hydrogen) atoms. The predicted octanol–water partition coefficient (Wildman–Crippen LogP) is 1.40. The molecule has 3 aliphatic rings. The van der Waals surface area contributed by atoms with Gasteiger partial charge in [-0.15, -0.1) is 0 Å². The molecule has 1 aromatic carbocycles. The van der Waals surface area contributed by atoms with Gasteiger partial charge in [0.05, 0.1) is 28.7 Å². The summed E-state index contributed by atoms with van der Waals surface area (Å²) < 4.78 is 33.7. The number of sulfonamides is 1. The summed E-state index contributed by atoms with van der Waals surface area (Å²) in [6.45, 7) is 1.84. The third-order valence-electron chi connectivity index (χ3n) is 5.31. The normalized spacial score (nSPS) is 34.4. The van der Waals surface area contributed by atoms with Crippen LogP contribution in [0.25, 0.3) is 0 Å². The van der Waals surface area contributed by atoms with Gasteiger partial charge in [-0.2, -0.15) is 0 Å². The topological polar surface area (TPSA) is 92.7 Å². The van der Waals surface area contributed by atoms with Gasteiger partial charge in [0.2, 0.25) is 10.0 Å². The Bertz CT molecular complexity index is 775. The number of hydrogen-bond acceptors (Lipinski definition) is 4. The van der Waals surface area contributed by atoms with Gasteiger partial charge in [0.15, 0.2) is 0 Å². The first kappa shape index (κ1) is 15.1. The van der Waals surface area contributed by atoms with E-state index in [2.05, 4.69) is 4.72 Å². The number of benzene rings is 1. The molecule has 0 amide bonds. The molecule has 7 heteroatoms. The first-order chi connectivity index (χ1) is 10.9. The molecule has 0 spiro atoms. The van der Waals surface area contributed by atoms with Crippen LogP contribution in [0, 0.1) is 11.8 Å². The molecule has 3 fully saturated rings. The van der Waals surface area contributed by atoms with Crippen molar-refractivity contribution in [1.82, 2.24) is 4.72 Å². The minimum Gasteiger partial charge on any atom is -0.478 e. The SMILES string of the molecule is CCc1ccc(S(=O)(=O)N[C@@H]2C[C@@H]3O[C@H]2[C@H]2C[C@H]23)cc1C(=O)O. The molecule has 2 aliphatic heterocycles. The highest BCUT2D eigenvalue weighted by atomic mass is 32.2. The number of aromatic carboxylic acids is 1. The number of carboxylic acid groups (broad SMARTS) is 1. The highest BCUT2D eigenvalue weighted by Gasteiger charge is 2.63. The van der Waals surface area contributed by atoms with Crippen LogP contribution >= 0.6 is 0 Å². The maximum atomic E-state index is 12.6. The summed E-state index contributed by atoms with van der Waals surface area (Å²) in [6.07, 6.45) is 2.56.